The molecule has 1 atom stereocenters. The smallest absolute Gasteiger partial charge is 0.323 e. The van der Waals surface area contributed by atoms with Crippen molar-refractivity contribution in [2.24, 2.45) is 0 Å². The van der Waals surface area contributed by atoms with E-state index in [0.717, 1.165) is 26.1 Å². The van der Waals surface area contributed by atoms with E-state index < -0.39 is 0 Å². The zero-order valence-corrected chi connectivity index (χ0v) is 13.2. The molecule has 2 N–H and O–H groups in total. The van der Waals surface area contributed by atoms with Crippen molar-refractivity contribution < 1.29 is 4.74 Å². The van der Waals surface area contributed by atoms with E-state index in [1.807, 2.05) is 6.92 Å². The van der Waals surface area contributed by atoms with Crippen LogP contribution in [-0.2, 0) is 0 Å². The first-order chi connectivity index (χ1) is 10.2. The van der Waals surface area contributed by atoms with Gasteiger partial charge in [0.15, 0.2) is 0 Å². The number of anilines is 2. The molecule has 1 aliphatic heterocycles. The maximum Gasteiger partial charge on any atom is 0.323 e. The molecule has 1 fully saturated rings. The molecule has 1 unspecified atom stereocenters. The van der Waals surface area contributed by atoms with Crippen LogP contribution in [0.15, 0.2) is 0 Å². The lowest BCUT2D eigenvalue weighted by molar-refractivity contribution is 0.292. The molecular weight excluding hydrogens is 268 g/mol. The lowest BCUT2D eigenvalue weighted by Crippen LogP contribution is -2.32. The summed E-state index contributed by atoms with van der Waals surface area (Å²) in [4.78, 5) is 15.3. The van der Waals surface area contributed by atoms with Gasteiger partial charge in [-0.3, -0.25) is 0 Å². The monoisotopic (exact) mass is 294 g/mol. The first-order valence-electron chi connectivity index (χ1n) is 7.79. The third-order valence-electron chi connectivity index (χ3n) is 3.55. The Labute approximate surface area is 126 Å². The van der Waals surface area contributed by atoms with Gasteiger partial charge in [0.25, 0.3) is 0 Å². The summed E-state index contributed by atoms with van der Waals surface area (Å²) in [6.07, 6.45) is 3.40. The number of rotatable bonds is 8. The highest BCUT2D eigenvalue weighted by atomic mass is 16.5. The predicted octanol–water partition coefficient (Wildman–Crippen LogP) is 1.60. The van der Waals surface area contributed by atoms with E-state index in [1.165, 1.54) is 12.8 Å². The summed E-state index contributed by atoms with van der Waals surface area (Å²) in [5.74, 6) is 1.13. The lowest BCUT2D eigenvalue weighted by atomic mass is 10.2. The Hall–Kier alpha value is -1.63. The van der Waals surface area contributed by atoms with Gasteiger partial charge in [0.2, 0.25) is 11.9 Å². The second-order valence-corrected chi connectivity index (χ2v) is 5.30. The van der Waals surface area contributed by atoms with Crippen LogP contribution in [-0.4, -0.2) is 59.2 Å². The molecule has 0 radical (unpaired) electrons. The number of likely N-dealkylation sites (tertiary alicyclic amines) is 1. The summed E-state index contributed by atoms with van der Waals surface area (Å²) in [6.45, 7) is 7.46. The highest BCUT2D eigenvalue weighted by Crippen LogP contribution is 2.16. The fraction of sp³-hybridized carbons (Fsp3) is 0.786. The van der Waals surface area contributed by atoms with Crippen LogP contribution >= 0.6 is 0 Å². The molecule has 2 rings (SSSR count). The molecule has 1 aromatic heterocycles. The normalized spacial score (nSPS) is 18.7. The van der Waals surface area contributed by atoms with Gasteiger partial charge in [-0.25, -0.2) is 0 Å². The largest absolute Gasteiger partial charge is 0.463 e. The highest BCUT2D eigenvalue weighted by Gasteiger charge is 2.20. The van der Waals surface area contributed by atoms with Gasteiger partial charge in [-0.15, -0.1) is 0 Å². The Morgan fingerprint density at radius 3 is 2.57 bits per heavy atom. The van der Waals surface area contributed by atoms with Gasteiger partial charge in [-0.05, 0) is 39.8 Å². The molecular formula is C14H26N6O. The Kier molecular flexibility index (Phi) is 5.98. The van der Waals surface area contributed by atoms with Crippen molar-refractivity contribution in [3.8, 4) is 6.01 Å². The van der Waals surface area contributed by atoms with Crippen LogP contribution in [0, 0.1) is 0 Å². The van der Waals surface area contributed by atoms with Crippen LogP contribution in [0.2, 0.25) is 0 Å². The van der Waals surface area contributed by atoms with Gasteiger partial charge in [-0.1, -0.05) is 6.92 Å². The first kappa shape index (κ1) is 15.8. The molecule has 118 valence electrons. The lowest BCUT2D eigenvalue weighted by Gasteiger charge is -2.19. The Balaban J connectivity index is 2.00. The van der Waals surface area contributed by atoms with Gasteiger partial charge in [0, 0.05) is 19.1 Å². The number of likely N-dealkylation sites (N-methyl/N-ethyl adjacent to an activating group) is 1. The number of ether oxygens (including phenoxy) is 1. The number of hydrogen-bond acceptors (Lipinski definition) is 7. The van der Waals surface area contributed by atoms with Crippen molar-refractivity contribution in [3.63, 3.8) is 0 Å². The second kappa shape index (κ2) is 7.97. The SMILES string of the molecule is CCCOc1nc(NCC)nc(NCC2CCCN2C)n1. The van der Waals surface area contributed by atoms with Crippen molar-refractivity contribution in [2.45, 2.75) is 39.2 Å². The Morgan fingerprint density at radius 1 is 1.19 bits per heavy atom. The van der Waals surface area contributed by atoms with E-state index in [9.17, 15) is 0 Å². The van der Waals surface area contributed by atoms with E-state index in [4.69, 9.17) is 4.74 Å². The summed E-state index contributed by atoms with van der Waals surface area (Å²) in [5.41, 5.74) is 0. The molecule has 1 aromatic rings. The molecule has 7 nitrogen and oxygen atoms in total. The third kappa shape index (κ3) is 4.70. The standard InChI is InChI=1S/C14H26N6O/c1-4-9-21-14-18-12(15-5-2)17-13(19-14)16-10-11-7-6-8-20(11)3/h11H,4-10H2,1-3H3,(H2,15,16,17,18,19). The van der Waals surface area contributed by atoms with Crippen molar-refractivity contribution in [2.75, 3.05) is 43.9 Å². The third-order valence-corrected chi connectivity index (χ3v) is 3.55. The summed E-state index contributed by atoms with van der Waals surface area (Å²) in [5, 5.41) is 6.42. The van der Waals surface area contributed by atoms with E-state index in [0.29, 0.717) is 30.6 Å². The van der Waals surface area contributed by atoms with Gasteiger partial charge in [0.1, 0.15) is 0 Å². The van der Waals surface area contributed by atoms with Crippen molar-refractivity contribution in [1.29, 1.82) is 0 Å². The number of nitrogens with one attached hydrogen (secondary N) is 2. The van der Waals surface area contributed by atoms with Gasteiger partial charge >= 0.3 is 6.01 Å². The molecule has 0 amide bonds. The minimum absolute atomic E-state index is 0.380. The molecule has 0 bridgehead atoms. The second-order valence-electron chi connectivity index (χ2n) is 5.30. The van der Waals surface area contributed by atoms with Crippen LogP contribution < -0.4 is 15.4 Å². The molecule has 1 aliphatic rings. The molecule has 0 aromatic carbocycles. The molecule has 0 spiro atoms. The molecule has 0 saturated carbocycles. The molecule has 2 heterocycles. The first-order valence-corrected chi connectivity index (χ1v) is 7.79. The van der Waals surface area contributed by atoms with Crippen LogP contribution in [0.4, 0.5) is 11.9 Å². The van der Waals surface area contributed by atoms with Crippen LogP contribution in [0.3, 0.4) is 0 Å². The summed E-state index contributed by atoms with van der Waals surface area (Å²) < 4.78 is 5.52. The molecule has 7 heteroatoms. The highest BCUT2D eigenvalue weighted by molar-refractivity contribution is 5.35. The predicted molar refractivity (Wildman–Crippen MR) is 83.9 cm³/mol. The minimum Gasteiger partial charge on any atom is -0.463 e. The summed E-state index contributed by atoms with van der Waals surface area (Å²) >= 11 is 0. The van der Waals surface area contributed by atoms with E-state index in [1.54, 1.807) is 0 Å². The van der Waals surface area contributed by atoms with Crippen molar-refractivity contribution in [1.82, 2.24) is 19.9 Å². The van der Waals surface area contributed by atoms with Crippen LogP contribution in [0.1, 0.15) is 33.1 Å². The number of hydrogen-bond donors (Lipinski definition) is 2. The molecule has 21 heavy (non-hydrogen) atoms. The molecule has 1 saturated heterocycles. The van der Waals surface area contributed by atoms with Gasteiger partial charge < -0.3 is 20.3 Å². The van der Waals surface area contributed by atoms with Crippen molar-refractivity contribution in [3.05, 3.63) is 0 Å². The Morgan fingerprint density at radius 2 is 1.95 bits per heavy atom. The zero-order chi connectivity index (χ0) is 15.1. The Bertz CT molecular complexity index is 441. The van der Waals surface area contributed by atoms with Crippen LogP contribution in [0.25, 0.3) is 0 Å². The summed E-state index contributed by atoms with van der Waals surface area (Å²) in [6, 6.07) is 0.925. The van der Waals surface area contributed by atoms with Crippen molar-refractivity contribution >= 4 is 11.9 Å². The maximum absolute atomic E-state index is 5.52. The average Bonchev–Trinajstić information content (AvgIpc) is 2.88. The van der Waals surface area contributed by atoms with Gasteiger partial charge in [-0.2, -0.15) is 15.0 Å². The maximum atomic E-state index is 5.52. The fourth-order valence-electron chi connectivity index (χ4n) is 2.38. The summed E-state index contributed by atoms with van der Waals surface area (Å²) in [7, 11) is 2.16. The average molecular weight is 294 g/mol. The number of aromatic nitrogens is 3. The van der Waals surface area contributed by atoms with E-state index in [2.05, 4.69) is 44.5 Å². The minimum atomic E-state index is 0.380. The van der Waals surface area contributed by atoms with Crippen LogP contribution in [0.5, 0.6) is 6.01 Å². The molecule has 0 aliphatic carbocycles. The topological polar surface area (TPSA) is 75.2 Å². The van der Waals surface area contributed by atoms with E-state index >= 15 is 0 Å². The zero-order valence-electron chi connectivity index (χ0n) is 13.2. The van der Waals surface area contributed by atoms with E-state index in [-0.39, 0.29) is 0 Å². The quantitative estimate of drug-likeness (QED) is 0.754. The number of nitrogens with zero attached hydrogens (tertiary/aromatic N) is 4. The fourth-order valence-corrected chi connectivity index (χ4v) is 2.38. The van der Waals surface area contributed by atoms with Gasteiger partial charge in [0.05, 0.1) is 6.61 Å².